The van der Waals surface area contributed by atoms with Crippen LogP contribution in [0.1, 0.15) is 26.7 Å². The first-order valence-electron chi connectivity index (χ1n) is 4.71. The highest BCUT2D eigenvalue weighted by Gasteiger charge is 2.33. The van der Waals surface area contributed by atoms with E-state index >= 15 is 0 Å². The molecule has 0 aromatic heterocycles. The average molecular weight is 197 g/mol. The van der Waals surface area contributed by atoms with E-state index in [-0.39, 0.29) is 13.5 Å². The topological polar surface area (TPSA) is 67.0 Å². The molecular formula is C9H15N3O2. The van der Waals surface area contributed by atoms with E-state index in [4.69, 9.17) is 14.7 Å². The smallest absolute Gasteiger partial charge is 0.262 e. The third-order valence-electron chi connectivity index (χ3n) is 2.03. The van der Waals surface area contributed by atoms with Crippen molar-refractivity contribution in [2.75, 3.05) is 13.5 Å². The van der Waals surface area contributed by atoms with Crippen LogP contribution >= 0.6 is 0 Å². The van der Waals surface area contributed by atoms with Crippen LogP contribution in [0.3, 0.4) is 0 Å². The number of azo groups is 1. The zero-order chi connectivity index (χ0) is 10.4. The highest BCUT2D eigenvalue weighted by Crippen LogP contribution is 2.23. The molecule has 0 aromatic rings. The standard InChI is InChI=1S/C9H15N3O2/c1-8(2)3-4-9(5-10)13-6-11-12-7-14-9/h8H,3-4,6-7H2,1-2H3. The van der Waals surface area contributed by atoms with Gasteiger partial charge in [0.1, 0.15) is 6.07 Å². The minimum absolute atomic E-state index is 0.103. The third kappa shape index (κ3) is 3.05. The van der Waals surface area contributed by atoms with E-state index in [1.54, 1.807) is 0 Å². The summed E-state index contributed by atoms with van der Waals surface area (Å²) in [6, 6.07) is 2.05. The van der Waals surface area contributed by atoms with Crippen LogP contribution in [0.15, 0.2) is 10.2 Å². The Morgan fingerprint density at radius 1 is 1.36 bits per heavy atom. The normalized spacial score (nSPS) is 20.4. The van der Waals surface area contributed by atoms with Crippen molar-refractivity contribution in [3.05, 3.63) is 0 Å². The predicted molar refractivity (Wildman–Crippen MR) is 49.2 cm³/mol. The lowest BCUT2D eigenvalue weighted by Crippen LogP contribution is -2.34. The molecule has 1 aliphatic heterocycles. The first-order valence-corrected chi connectivity index (χ1v) is 4.71. The second-order valence-electron chi connectivity index (χ2n) is 3.63. The van der Waals surface area contributed by atoms with Gasteiger partial charge < -0.3 is 9.47 Å². The molecule has 0 aliphatic carbocycles. The molecule has 0 fully saturated rings. The largest absolute Gasteiger partial charge is 0.313 e. The van der Waals surface area contributed by atoms with Gasteiger partial charge in [-0.15, -0.1) is 0 Å². The Morgan fingerprint density at radius 3 is 2.36 bits per heavy atom. The Labute approximate surface area is 83.7 Å². The summed E-state index contributed by atoms with van der Waals surface area (Å²) in [5.74, 6) is -0.627. The lowest BCUT2D eigenvalue weighted by atomic mass is 10.0. The van der Waals surface area contributed by atoms with Gasteiger partial charge in [-0.3, -0.25) is 0 Å². The van der Waals surface area contributed by atoms with Gasteiger partial charge in [0.15, 0.2) is 13.5 Å². The second kappa shape index (κ2) is 5.03. The van der Waals surface area contributed by atoms with E-state index < -0.39 is 5.79 Å². The van der Waals surface area contributed by atoms with Crippen molar-refractivity contribution in [2.24, 2.45) is 16.1 Å². The van der Waals surface area contributed by atoms with Gasteiger partial charge in [0.25, 0.3) is 5.79 Å². The number of ether oxygens (including phenoxy) is 2. The summed E-state index contributed by atoms with van der Waals surface area (Å²) in [5.41, 5.74) is 0. The number of rotatable bonds is 3. The first kappa shape index (κ1) is 11.1. The van der Waals surface area contributed by atoms with Crippen LogP contribution in [-0.2, 0) is 9.47 Å². The summed E-state index contributed by atoms with van der Waals surface area (Å²) in [6.07, 6.45) is 1.44. The van der Waals surface area contributed by atoms with Gasteiger partial charge in [0, 0.05) is 6.42 Å². The summed E-state index contributed by atoms with van der Waals surface area (Å²) in [6.45, 7) is 4.39. The molecule has 14 heavy (non-hydrogen) atoms. The van der Waals surface area contributed by atoms with E-state index in [1.807, 2.05) is 6.07 Å². The Morgan fingerprint density at radius 2 is 1.93 bits per heavy atom. The fourth-order valence-corrected chi connectivity index (χ4v) is 1.13. The van der Waals surface area contributed by atoms with Crippen molar-refractivity contribution in [3.63, 3.8) is 0 Å². The van der Waals surface area contributed by atoms with Crippen molar-refractivity contribution in [1.82, 2.24) is 0 Å². The summed E-state index contributed by atoms with van der Waals surface area (Å²) in [4.78, 5) is 0. The van der Waals surface area contributed by atoms with Gasteiger partial charge in [-0.25, -0.2) is 0 Å². The molecule has 78 valence electrons. The zero-order valence-corrected chi connectivity index (χ0v) is 8.56. The lowest BCUT2D eigenvalue weighted by molar-refractivity contribution is -0.192. The van der Waals surface area contributed by atoms with Crippen LogP contribution in [0, 0.1) is 17.2 Å². The van der Waals surface area contributed by atoms with Gasteiger partial charge in [-0.05, 0) is 12.3 Å². The van der Waals surface area contributed by atoms with Crippen molar-refractivity contribution >= 4 is 0 Å². The van der Waals surface area contributed by atoms with Crippen LogP contribution in [0.25, 0.3) is 0 Å². The van der Waals surface area contributed by atoms with Crippen molar-refractivity contribution < 1.29 is 9.47 Å². The van der Waals surface area contributed by atoms with Crippen molar-refractivity contribution in [3.8, 4) is 6.07 Å². The van der Waals surface area contributed by atoms with E-state index in [1.165, 1.54) is 0 Å². The SMILES string of the molecule is CC(C)CCC1(C#N)OCN=NCO1. The fraction of sp³-hybridized carbons (Fsp3) is 0.889. The molecule has 5 heteroatoms. The molecule has 0 atom stereocenters. The number of nitriles is 1. The highest BCUT2D eigenvalue weighted by atomic mass is 16.7. The number of hydrogen-bond donors (Lipinski definition) is 0. The molecule has 0 bridgehead atoms. The monoisotopic (exact) mass is 197 g/mol. The highest BCUT2D eigenvalue weighted by molar-refractivity contribution is 4.94. The molecule has 0 amide bonds. The third-order valence-corrected chi connectivity index (χ3v) is 2.03. The van der Waals surface area contributed by atoms with E-state index in [9.17, 15) is 0 Å². The maximum absolute atomic E-state index is 9.00. The Kier molecular flexibility index (Phi) is 3.98. The summed E-state index contributed by atoms with van der Waals surface area (Å²) >= 11 is 0. The molecule has 0 unspecified atom stereocenters. The number of hydrogen-bond acceptors (Lipinski definition) is 5. The van der Waals surface area contributed by atoms with Crippen LogP contribution in [-0.4, -0.2) is 19.2 Å². The van der Waals surface area contributed by atoms with Crippen LogP contribution in [0.5, 0.6) is 0 Å². The second-order valence-corrected chi connectivity index (χ2v) is 3.63. The Balaban J connectivity index is 2.53. The lowest BCUT2D eigenvalue weighted by Gasteiger charge is -2.24. The maximum Gasteiger partial charge on any atom is 0.262 e. The summed E-state index contributed by atoms with van der Waals surface area (Å²) in [5, 5.41) is 16.3. The van der Waals surface area contributed by atoms with E-state index in [2.05, 4.69) is 24.1 Å². The number of nitrogens with zero attached hydrogens (tertiary/aromatic N) is 3. The molecular weight excluding hydrogens is 182 g/mol. The Bertz CT molecular complexity index is 235. The van der Waals surface area contributed by atoms with Gasteiger partial charge in [-0.2, -0.15) is 15.5 Å². The molecule has 1 heterocycles. The van der Waals surface area contributed by atoms with Gasteiger partial charge >= 0.3 is 0 Å². The minimum Gasteiger partial charge on any atom is -0.313 e. The maximum atomic E-state index is 9.00. The fourth-order valence-electron chi connectivity index (χ4n) is 1.13. The first-order chi connectivity index (χ1) is 6.68. The van der Waals surface area contributed by atoms with Crippen LogP contribution in [0.4, 0.5) is 0 Å². The average Bonchev–Trinajstić information content (AvgIpc) is 2.41. The minimum atomic E-state index is -1.15. The zero-order valence-electron chi connectivity index (χ0n) is 8.56. The molecule has 0 N–H and O–H groups in total. The Hall–Kier alpha value is -0.990. The van der Waals surface area contributed by atoms with Crippen LogP contribution in [0.2, 0.25) is 0 Å². The van der Waals surface area contributed by atoms with Crippen molar-refractivity contribution in [2.45, 2.75) is 32.5 Å². The van der Waals surface area contributed by atoms with E-state index in [0.29, 0.717) is 12.3 Å². The van der Waals surface area contributed by atoms with E-state index in [0.717, 1.165) is 6.42 Å². The summed E-state index contributed by atoms with van der Waals surface area (Å²) in [7, 11) is 0. The van der Waals surface area contributed by atoms with Gasteiger partial charge in [-0.1, -0.05) is 13.8 Å². The molecule has 5 nitrogen and oxygen atoms in total. The molecule has 1 aliphatic rings. The molecule has 0 radical (unpaired) electrons. The predicted octanol–water partition coefficient (Wildman–Crippen LogP) is 2.06. The van der Waals surface area contributed by atoms with Crippen LogP contribution < -0.4 is 0 Å². The summed E-state index contributed by atoms with van der Waals surface area (Å²) < 4.78 is 10.5. The van der Waals surface area contributed by atoms with Crippen molar-refractivity contribution in [1.29, 1.82) is 5.26 Å². The quantitative estimate of drug-likeness (QED) is 0.695. The molecule has 0 saturated heterocycles. The molecule has 1 rings (SSSR count). The van der Waals surface area contributed by atoms with Gasteiger partial charge in [0.05, 0.1) is 0 Å². The molecule has 0 aromatic carbocycles. The van der Waals surface area contributed by atoms with Gasteiger partial charge in [0.2, 0.25) is 0 Å². The molecule has 0 saturated carbocycles. The molecule has 0 spiro atoms.